The van der Waals surface area contributed by atoms with Gasteiger partial charge in [0.15, 0.2) is 0 Å². The minimum absolute atomic E-state index is 0.234. The van der Waals surface area contributed by atoms with Gasteiger partial charge in [0, 0.05) is 4.47 Å². The SMILES string of the molecule is COC(=O)c1cc(Br)ccc1NC(=O)OC(C)C. The molecule has 0 aromatic heterocycles. The summed E-state index contributed by atoms with van der Waals surface area (Å²) in [5.74, 6) is -0.531. The molecule has 6 heteroatoms. The maximum absolute atomic E-state index is 11.6. The van der Waals surface area contributed by atoms with E-state index in [1.807, 2.05) is 0 Å². The molecule has 1 aromatic carbocycles. The quantitative estimate of drug-likeness (QED) is 0.870. The van der Waals surface area contributed by atoms with E-state index in [-0.39, 0.29) is 11.7 Å². The number of hydrogen-bond donors (Lipinski definition) is 1. The number of halogens is 1. The minimum Gasteiger partial charge on any atom is -0.465 e. The zero-order valence-electron chi connectivity index (χ0n) is 10.3. The van der Waals surface area contributed by atoms with E-state index in [0.717, 1.165) is 0 Å². The zero-order chi connectivity index (χ0) is 13.7. The third-order valence-corrected chi connectivity index (χ3v) is 2.46. The molecular formula is C12H14BrNO4. The number of anilines is 1. The highest BCUT2D eigenvalue weighted by molar-refractivity contribution is 9.10. The predicted molar refractivity (Wildman–Crippen MR) is 70.7 cm³/mol. The molecule has 0 aliphatic carbocycles. The normalized spacial score (nSPS) is 10.1. The van der Waals surface area contributed by atoms with Gasteiger partial charge in [0.1, 0.15) is 0 Å². The van der Waals surface area contributed by atoms with Gasteiger partial charge in [-0.15, -0.1) is 0 Å². The summed E-state index contributed by atoms with van der Waals surface area (Å²) in [5, 5.41) is 2.50. The number of carbonyl (C=O) groups is 2. The van der Waals surface area contributed by atoms with Gasteiger partial charge >= 0.3 is 12.1 Å². The summed E-state index contributed by atoms with van der Waals surface area (Å²) in [6.45, 7) is 3.48. The van der Waals surface area contributed by atoms with Crippen LogP contribution in [0.3, 0.4) is 0 Å². The van der Waals surface area contributed by atoms with E-state index in [4.69, 9.17) is 4.74 Å². The Morgan fingerprint density at radius 3 is 2.56 bits per heavy atom. The highest BCUT2D eigenvalue weighted by Gasteiger charge is 2.15. The van der Waals surface area contributed by atoms with Crippen molar-refractivity contribution in [2.75, 3.05) is 12.4 Å². The molecule has 1 amide bonds. The first-order chi connectivity index (χ1) is 8.43. The second-order valence-electron chi connectivity index (χ2n) is 3.76. The Kier molecular flexibility index (Phi) is 5.15. The molecule has 5 nitrogen and oxygen atoms in total. The van der Waals surface area contributed by atoms with Gasteiger partial charge in [0.2, 0.25) is 0 Å². The van der Waals surface area contributed by atoms with Crippen LogP contribution in [0.5, 0.6) is 0 Å². The van der Waals surface area contributed by atoms with Gasteiger partial charge in [-0.05, 0) is 32.0 Å². The fourth-order valence-electron chi connectivity index (χ4n) is 1.26. The molecule has 0 aliphatic heterocycles. The van der Waals surface area contributed by atoms with Gasteiger partial charge in [-0.2, -0.15) is 0 Å². The van der Waals surface area contributed by atoms with Gasteiger partial charge in [0.25, 0.3) is 0 Å². The van der Waals surface area contributed by atoms with Gasteiger partial charge in [-0.3, -0.25) is 5.32 Å². The molecule has 1 rings (SSSR count). The van der Waals surface area contributed by atoms with Crippen molar-refractivity contribution in [3.8, 4) is 0 Å². The second-order valence-corrected chi connectivity index (χ2v) is 4.68. The van der Waals surface area contributed by atoms with E-state index >= 15 is 0 Å². The number of hydrogen-bond acceptors (Lipinski definition) is 4. The first kappa shape index (κ1) is 14.5. The molecule has 0 saturated carbocycles. The molecule has 0 bridgehead atoms. The fraction of sp³-hybridized carbons (Fsp3) is 0.333. The largest absolute Gasteiger partial charge is 0.465 e. The van der Waals surface area contributed by atoms with Crippen molar-refractivity contribution in [3.63, 3.8) is 0 Å². The molecule has 0 aliphatic rings. The van der Waals surface area contributed by atoms with Crippen LogP contribution in [0.25, 0.3) is 0 Å². The second kappa shape index (κ2) is 6.39. The van der Waals surface area contributed by atoms with E-state index in [1.54, 1.807) is 32.0 Å². The number of amides is 1. The molecule has 0 heterocycles. The molecule has 1 aromatic rings. The van der Waals surface area contributed by atoms with E-state index < -0.39 is 12.1 Å². The number of carbonyl (C=O) groups excluding carboxylic acids is 2. The van der Waals surface area contributed by atoms with Crippen molar-refractivity contribution in [2.45, 2.75) is 20.0 Å². The Morgan fingerprint density at radius 1 is 1.33 bits per heavy atom. The molecule has 1 N–H and O–H groups in total. The summed E-state index contributed by atoms with van der Waals surface area (Å²) in [5.41, 5.74) is 0.600. The lowest BCUT2D eigenvalue weighted by molar-refractivity contribution is 0.0602. The van der Waals surface area contributed by atoms with Crippen LogP contribution < -0.4 is 5.32 Å². The lowest BCUT2D eigenvalue weighted by atomic mass is 10.2. The van der Waals surface area contributed by atoms with Gasteiger partial charge in [-0.1, -0.05) is 15.9 Å². The van der Waals surface area contributed by atoms with E-state index in [0.29, 0.717) is 10.2 Å². The fourth-order valence-corrected chi connectivity index (χ4v) is 1.62. The van der Waals surface area contributed by atoms with Crippen LogP contribution in [0.15, 0.2) is 22.7 Å². The monoisotopic (exact) mass is 315 g/mol. The maximum atomic E-state index is 11.6. The van der Waals surface area contributed by atoms with Crippen molar-refractivity contribution < 1.29 is 19.1 Å². The predicted octanol–water partition coefficient (Wildman–Crippen LogP) is 3.19. The van der Waals surface area contributed by atoms with Gasteiger partial charge < -0.3 is 9.47 Å². The van der Waals surface area contributed by atoms with Crippen molar-refractivity contribution >= 4 is 33.7 Å². The lowest BCUT2D eigenvalue weighted by Gasteiger charge is -2.12. The van der Waals surface area contributed by atoms with Crippen LogP contribution in [0, 0.1) is 0 Å². The van der Waals surface area contributed by atoms with Crippen molar-refractivity contribution in [2.24, 2.45) is 0 Å². The van der Waals surface area contributed by atoms with E-state index in [2.05, 4.69) is 26.0 Å². The Balaban J connectivity index is 2.94. The number of methoxy groups -OCH3 is 1. The van der Waals surface area contributed by atoms with E-state index in [1.165, 1.54) is 7.11 Å². The van der Waals surface area contributed by atoms with Crippen LogP contribution in [-0.4, -0.2) is 25.3 Å². The average Bonchev–Trinajstić information content (AvgIpc) is 2.29. The van der Waals surface area contributed by atoms with Crippen LogP contribution in [-0.2, 0) is 9.47 Å². The molecular weight excluding hydrogens is 302 g/mol. The molecule has 0 saturated heterocycles. The van der Waals surface area contributed by atoms with Gasteiger partial charge in [0.05, 0.1) is 24.5 Å². The smallest absolute Gasteiger partial charge is 0.411 e. The Labute approximate surface area is 114 Å². The van der Waals surface area contributed by atoms with E-state index in [9.17, 15) is 9.59 Å². The standard InChI is InChI=1S/C12H14BrNO4/c1-7(2)18-12(16)14-10-5-4-8(13)6-9(10)11(15)17-3/h4-7H,1-3H3,(H,14,16). The molecule has 98 valence electrons. The molecule has 18 heavy (non-hydrogen) atoms. The zero-order valence-corrected chi connectivity index (χ0v) is 11.9. The highest BCUT2D eigenvalue weighted by Crippen LogP contribution is 2.22. The maximum Gasteiger partial charge on any atom is 0.411 e. The summed E-state index contributed by atoms with van der Waals surface area (Å²) in [4.78, 5) is 23.0. The summed E-state index contributed by atoms with van der Waals surface area (Å²) in [6.07, 6.45) is -0.848. The van der Waals surface area contributed by atoms with Crippen LogP contribution in [0.2, 0.25) is 0 Å². The van der Waals surface area contributed by atoms with Crippen molar-refractivity contribution in [3.05, 3.63) is 28.2 Å². The third-order valence-electron chi connectivity index (χ3n) is 1.97. The Bertz CT molecular complexity index is 459. The van der Waals surface area contributed by atoms with Crippen LogP contribution >= 0.6 is 15.9 Å². The summed E-state index contributed by atoms with van der Waals surface area (Å²) < 4.78 is 10.3. The first-order valence-electron chi connectivity index (χ1n) is 5.29. The highest BCUT2D eigenvalue weighted by atomic mass is 79.9. The first-order valence-corrected chi connectivity index (χ1v) is 6.09. The number of benzene rings is 1. The number of esters is 1. The molecule has 0 spiro atoms. The Morgan fingerprint density at radius 2 is 2.00 bits per heavy atom. The summed E-state index contributed by atoms with van der Waals surface area (Å²) in [7, 11) is 1.28. The van der Waals surface area contributed by atoms with Crippen molar-refractivity contribution in [1.82, 2.24) is 0 Å². The molecule has 0 fully saturated rings. The van der Waals surface area contributed by atoms with Gasteiger partial charge in [-0.25, -0.2) is 9.59 Å². The van der Waals surface area contributed by atoms with Crippen LogP contribution in [0.1, 0.15) is 24.2 Å². The minimum atomic E-state index is -0.613. The third kappa shape index (κ3) is 4.03. The molecule has 0 radical (unpaired) electrons. The summed E-state index contributed by atoms with van der Waals surface area (Å²) >= 11 is 3.25. The summed E-state index contributed by atoms with van der Waals surface area (Å²) in [6, 6.07) is 4.87. The number of rotatable bonds is 3. The molecule has 0 unspecified atom stereocenters. The lowest BCUT2D eigenvalue weighted by Crippen LogP contribution is -2.19. The van der Waals surface area contributed by atoms with Crippen LogP contribution in [0.4, 0.5) is 10.5 Å². The topological polar surface area (TPSA) is 64.6 Å². The molecule has 0 atom stereocenters. The van der Waals surface area contributed by atoms with Crippen molar-refractivity contribution in [1.29, 1.82) is 0 Å². The number of ether oxygens (including phenoxy) is 2. The Hall–Kier alpha value is -1.56. The average molecular weight is 316 g/mol. The number of nitrogens with one attached hydrogen (secondary N) is 1.